The van der Waals surface area contributed by atoms with Crippen molar-refractivity contribution in [2.45, 2.75) is 43.3 Å². The first kappa shape index (κ1) is 19.9. The van der Waals surface area contributed by atoms with Crippen molar-refractivity contribution < 1.29 is 22.7 Å². The molecule has 1 fully saturated rings. The lowest BCUT2D eigenvalue weighted by atomic mass is 10.2. The lowest BCUT2D eigenvalue weighted by Crippen LogP contribution is -2.37. The van der Waals surface area contributed by atoms with E-state index in [1.54, 1.807) is 0 Å². The van der Waals surface area contributed by atoms with E-state index in [4.69, 9.17) is 11.6 Å². The minimum absolute atomic E-state index is 0.00467. The normalized spacial score (nSPS) is 23.3. The van der Waals surface area contributed by atoms with Crippen LogP contribution in [-0.4, -0.2) is 49.2 Å². The number of allylic oxidation sites excluding steroid dienone is 1. The predicted octanol–water partition coefficient (Wildman–Crippen LogP) is 3.01. The number of aromatic hydroxyl groups is 1. The highest BCUT2D eigenvalue weighted by molar-refractivity contribution is 7.89. The molecule has 1 aromatic carbocycles. The molecule has 148 valence electrons. The first-order valence-corrected chi connectivity index (χ1v) is 10.4. The van der Waals surface area contributed by atoms with Crippen molar-refractivity contribution in [3.63, 3.8) is 0 Å². The Morgan fingerprint density at radius 2 is 2.11 bits per heavy atom. The summed E-state index contributed by atoms with van der Waals surface area (Å²) >= 11 is 6.00. The van der Waals surface area contributed by atoms with Crippen LogP contribution in [-0.2, 0) is 10.0 Å². The fourth-order valence-corrected chi connectivity index (χ4v) is 5.35. The van der Waals surface area contributed by atoms with Crippen LogP contribution in [0.5, 0.6) is 5.75 Å². The number of carbonyl (C=O) groups excluding carboxylic acids is 1. The van der Waals surface area contributed by atoms with Crippen LogP contribution in [0, 0.1) is 0 Å². The van der Waals surface area contributed by atoms with Crippen LogP contribution in [0.25, 0.3) is 0 Å². The standard InChI is InChI=1S/C17H21ClFN3O4S/c1-10-3-2-4-13(10)20-17(24)21-14-6-5-12(18)16(15(14)23)27(25,26)22-8-7-11(19)9-22/h3,5-6,11,13,23H,2,4,7-9H2,1H3,(H2,20,21,24)/t11-,13?/m1/s1. The van der Waals surface area contributed by atoms with Crippen molar-refractivity contribution in [3.05, 3.63) is 28.8 Å². The second-order valence-electron chi connectivity index (χ2n) is 6.70. The Labute approximate surface area is 162 Å². The molecule has 1 aliphatic carbocycles. The molecular weight excluding hydrogens is 397 g/mol. The van der Waals surface area contributed by atoms with E-state index in [0.29, 0.717) is 0 Å². The maximum Gasteiger partial charge on any atom is 0.319 e. The van der Waals surface area contributed by atoms with Gasteiger partial charge in [-0.25, -0.2) is 17.6 Å². The molecule has 3 N–H and O–H groups in total. The third kappa shape index (κ3) is 4.04. The second-order valence-corrected chi connectivity index (χ2v) is 8.98. The largest absolute Gasteiger partial charge is 0.504 e. The first-order chi connectivity index (χ1) is 12.7. The van der Waals surface area contributed by atoms with Crippen LogP contribution in [0.3, 0.4) is 0 Å². The van der Waals surface area contributed by atoms with Crippen molar-refractivity contribution in [1.82, 2.24) is 9.62 Å². The lowest BCUT2D eigenvalue weighted by molar-refractivity contribution is 0.249. The third-order valence-corrected chi connectivity index (χ3v) is 7.17. The van der Waals surface area contributed by atoms with Gasteiger partial charge in [0.15, 0.2) is 5.75 Å². The number of phenolic OH excluding ortho intramolecular Hbond substituents is 1. The van der Waals surface area contributed by atoms with Gasteiger partial charge in [-0.3, -0.25) is 0 Å². The van der Waals surface area contributed by atoms with Crippen molar-refractivity contribution in [2.75, 3.05) is 18.4 Å². The topological polar surface area (TPSA) is 98.7 Å². The van der Waals surface area contributed by atoms with E-state index in [9.17, 15) is 22.7 Å². The van der Waals surface area contributed by atoms with Gasteiger partial charge < -0.3 is 15.7 Å². The molecule has 7 nitrogen and oxygen atoms in total. The molecule has 27 heavy (non-hydrogen) atoms. The molecule has 1 aromatic rings. The van der Waals surface area contributed by atoms with Gasteiger partial charge >= 0.3 is 6.03 Å². The highest BCUT2D eigenvalue weighted by Crippen LogP contribution is 2.39. The zero-order chi connectivity index (χ0) is 19.8. The number of rotatable bonds is 4. The number of nitrogens with one attached hydrogen (secondary N) is 2. The number of urea groups is 1. The maximum absolute atomic E-state index is 13.4. The van der Waals surface area contributed by atoms with Gasteiger partial charge in [0, 0.05) is 13.1 Å². The zero-order valence-corrected chi connectivity index (χ0v) is 16.3. The summed E-state index contributed by atoms with van der Waals surface area (Å²) in [6.07, 6.45) is 2.52. The van der Waals surface area contributed by atoms with Gasteiger partial charge in [-0.05, 0) is 38.3 Å². The fraction of sp³-hybridized carbons (Fsp3) is 0.471. The van der Waals surface area contributed by atoms with Crippen molar-refractivity contribution in [2.24, 2.45) is 0 Å². The summed E-state index contributed by atoms with van der Waals surface area (Å²) in [5.41, 5.74) is 0.953. The number of alkyl halides is 1. The summed E-state index contributed by atoms with van der Waals surface area (Å²) in [5.74, 6) is -0.668. The minimum Gasteiger partial charge on any atom is -0.504 e. The van der Waals surface area contributed by atoms with Gasteiger partial charge in [0.1, 0.15) is 11.1 Å². The monoisotopic (exact) mass is 417 g/mol. The van der Waals surface area contributed by atoms with E-state index < -0.39 is 32.9 Å². The summed E-state index contributed by atoms with van der Waals surface area (Å²) in [6, 6.07) is 1.91. The van der Waals surface area contributed by atoms with Gasteiger partial charge in [-0.1, -0.05) is 23.3 Å². The molecule has 0 bridgehead atoms. The minimum atomic E-state index is -4.19. The number of halogens is 2. The van der Waals surface area contributed by atoms with E-state index in [-0.39, 0.29) is 36.3 Å². The van der Waals surface area contributed by atoms with Crippen molar-refractivity contribution in [1.29, 1.82) is 0 Å². The SMILES string of the molecule is CC1=CCCC1NC(=O)Nc1ccc(Cl)c(S(=O)(=O)N2CC[C@@H](F)C2)c1O. The number of benzene rings is 1. The van der Waals surface area contributed by atoms with Gasteiger partial charge in [0.25, 0.3) is 0 Å². The average molecular weight is 418 g/mol. The lowest BCUT2D eigenvalue weighted by Gasteiger charge is -2.20. The summed E-state index contributed by atoms with van der Waals surface area (Å²) in [4.78, 5) is 11.7. The Bertz CT molecular complexity index is 890. The number of phenols is 1. The molecule has 1 aliphatic heterocycles. The Morgan fingerprint density at radius 1 is 1.37 bits per heavy atom. The number of carbonyl (C=O) groups is 1. The average Bonchev–Trinajstić information content (AvgIpc) is 3.19. The van der Waals surface area contributed by atoms with E-state index >= 15 is 0 Å². The smallest absolute Gasteiger partial charge is 0.319 e. The second kappa shape index (κ2) is 7.65. The Hall–Kier alpha value is -1.84. The molecule has 0 saturated carbocycles. The maximum atomic E-state index is 13.4. The van der Waals surface area contributed by atoms with E-state index in [1.807, 2.05) is 13.0 Å². The molecule has 3 rings (SSSR count). The van der Waals surface area contributed by atoms with Crippen LogP contribution in [0.2, 0.25) is 5.02 Å². The van der Waals surface area contributed by atoms with Crippen molar-refractivity contribution >= 4 is 33.3 Å². The molecule has 1 heterocycles. The molecule has 1 saturated heterocycles. The van der Waals surface area contributed by atoms with Crippen LogP contribution >= 0.6 is 11.6 Å². The molecule has 2 amide bonds. The third-order valence-electron chi connectivity index (χ3n) is 4.80. The summed E-state index contributed by atoms with van der Waals surface area (Å²) in [5, 5.41) is 15.5. The molecule has 0 spiro atoms. The fourth-order valence-electron chi connectivity index (χ4n) is 3.28. The molecule has 1 unspecified atom stereocenters. The van der Waals surface area contributed by atoms with Crippen LogP contribution in [0.1, 0.15) is 26.2 Å². The van der Waals surface area contributed by atoms with E-state index in [0.717, 1.165) is 22.7 Å². The highest BCUT2D eigenvalue weighted by Gasteiger charge is 2.36. The predicted molar refractivity (Wildman–Crippen MR) is 100 cm³/mol. The van der Waals surface area contributed by atoms with E-state index in [1.165, 1.54) is 12.1 Å². The molecule has 2 aliphatic rings. The van der Waals surface area contributed by atoms with Gasteiger partial charge in [-0.2, -0.15) is 4.31 Å². The Kier molecular flexibility index (Phi) is 5.64. The number of anilines is 1. The number of hydrogen-bond acceptors (Lipinski definition) is 4. The Balaban J connectivity index is 1.83. The van der Waals surface area contributed by atoms with E-state index in [2.05, 4.69) is 10.6 Å². The van der Waals surface area contributed by atoms with Gasteiger partial charge in [0.05, 0.1) is 16.8 Å². The molecule has 0 radical (unpaired) electrons. The number of amides is 2. The number of sulfonamides is 1. The summed E-state index contributed by atoms with van der Waals surface area (Å²) < 4.78 is 39.9. The molecule has 0 aromatic heterocycles. The molecule has 10 heteroatoms. The number of hydrogen-bond donors (Lipinski definition) is 3. The quantitative estimate of drug-likeness (QED) is 0.518. The number of nitrogens with zero attached hydrogens (tertiary/aromatic N) is 1. The molecular formula is C17H21ClFN3O4S. The van der Waals surface area contributed by atoms with Crippen LogP contribution < -0.4 is 10.6 Å². The summed E-state index contributed by atoms with van der Waals surface area (Å²) in [7, 11) is -4.19. The van der Waals surface area contributed by atoms with Gasteiger partial charge in [0.2, 0.25) is 10.0 Å². The van der Waals surface area contributed by atoms with Crippen LogP contribution in [0.4, 0.5) is 14.9 Å². The zero-order valence-electron chi connectivity index (χ0n) is 14.7. The summed E-state index contributed by atoms with van der Waals surface area (Å²) in [6.45, 7) is 1.63. The Morgan fingerprint density at radius 3 is 2.70 bits per heavy atom. The molecule has 2 atom stereocenters. The van der Waals surface area contributed by atoms with Crippen LogP contribution in [0.15, 0.2) is 28.7 Å². The van der Waals surface area contributed by atoms with Crippen molar-refractivity contribution in [3.8, 4) is 5.75 Å². The first-order valence-electron chi connectivity index (χ1n) is 8.60. The van der Waals surface area contributed by atoms with Gasteiger partial charge in [-0.15, -0.1) is 0 Å². The highest BCUT2D eigenvalue weighted by atomic mass is 35.5.